The molecule has 0 spiro atoms. The van der Waals surface area contributed by atoms with Crippen LogP contribution in [0.25, 0.3) is 0 Å². The van der Waals surface area contributed by atoms with Gasteiger partial charge in [0.1, 0.15) is 0 Å². The van der Waals surface area contributed by atoms with E-state index < -0.39 is 5.97 Å². The van der Waals surface area contributed by atoms with Crippen LogP contribution in [0.4, 0.5) is 0 Å². The second-order valence-electron chi connectivity index (χ2n) is 5.25. The fourth-order valence-electron chi connectivity index (χ4n) is 2.52. The molecule has 0 aromatic carbocycles. The first kappa shape index (κ1) is 13.5. The minimum absolute atomic E-state index is 0.185. The molecule has 1 aliphatic rings. The van der Waals surface area contributed by atoms with Crippen molar-refractivity contribution >= 4 is 5.97 Å². The molecular weight excluding hydrogens is 202 g/mol. The molecule has 0 aliphatic heterocycles. The highest BCUT2D eigenvalue weighted by Gasteiger charge is 2.17. The Labute approximate surface area is 98.8 Å². The zero-order valence-corrected chi connectivity index (χ0v) is 10.6. The Balaban J connectivity index is 2.28. The van der Waals surface area contributed by atoms with Crippen LogP contribution >= 0.6 is 0 Å². The zero-order chi connectivity index (χ0) is 12.0. The third-order valence-corrected chi connectivity index (χ3v) is 3.62. The molecule has 94 valence electrons. The van der Waals surface area contributed by atoms with Crippen molar-refractivity contribution in [2.24, 2.45) is 5.92 Å². The van der Waals surface area contributed by atoms with E-state index in [0.717, 1.165) is 12.5 Å². The van der Waals surface area contributed by atoms with Crippen LogP contribution < -0.4 is 0 Å². The quantitative estimate of drug-likeness (QED) is 0.758. The maximum absolute atomic E-state index is 10.7. The predicted molar refractivity (Wildman–Crippen MR) is 65.5 cm³/mol. The van der Waals surface area contributed by atoms with Crippen LogP contribution in [0, 0.1) is 5.92 Å². The molecule has 1 N–H and O–H groups in total. The number of nitrogens with zero attached hydrogens (tertiary/aromatic N) is 1. The van der Waals surface area contributed by atoms with Gasteiger partial charge in [0.15, 0.2) is 0 Å². The lowest BCUT2D eigenvalue weighted by molar-refractivity contribution is -0.138. The lowest BCUT2D eigenvalue weighted by atomic mass is 9.87. The van der Waals surface area contributed by atoms with Gasteiger partial charge in [-0.3, -0.25) is 9.69 Å². The van der Waals surface area contributed by atoms with Gasteiger partial charge >= 0.3 is 5.97 Å². The smallest absolute Gasteiger partial charge is 0.317 e. The van der Waals surface area contributed by atoms with E-state index in [4.69, 9.17) is 5.11 Å². The van der Waals surface area contributed by atoms with Gasteiger partial charge in [-0.15, -0.1) is 0 Å². The van der Waals surface area contributed by atoms with Crippen LogP contribution in [0.1, 0.15) is 52.4 Å². The molecule has 0 amide bonds. The summed E-state index contributed by atoms with van der Waals surface area (Å²) in [7, 11) is 0. The molecule has 1 rings (SSSR count). The summed E-state index contributed by atoms with van der Waals surface area (Å²) < 4.78 is 0. The van der Waals surface area contributed by atoms with Gasteiger partial charge < -0.3 is 5.11 Å². The van der Waals surface area contributed by atoms with Gasteiger partial charge in [-0.05, 0) is 32.7 Å². The average Bonchev–Trinajstić information content (AvgIpc) is 2.25. The molecule has 1 saturated carbocycles. The standard InChI is InChI=1S/C13H25NO2/c1-11(2)14(10-13(15)16)9-8-12-6-4-3-5-7-12/h11-12H,3-10H2,1-2H3,(H,15,16). The van der Waals surface area contributed by atoms with E-state index in [0.29, 0.717) is 6.04 Å². The van der Waals surface area contributed by atoms with Crippen LogP contribution in [-0.4, -0.2) is 35.1 Å². The number of hydrogen-bond donors (Lipinski definition) is 1. The summed E-state index contributed by atoms with van der Waals surface area (Å²) in [6.45, 7) is 5.27. The molecule has 16 heavy (non-hydrogen) atoms. The number of carboxylic acid groups (broad SMARTS) is 1. The van der Waals surface area contributed by atoms with Crippen LogP contribution in [0.3, 0.4) is 0 Å². The first-order valence-corrected chi connectivity index (χ1v) is 6.55. The lowest BCUT2D eigenvalue weighted by Crippen LogP contribution is -2.37. The lowest BCUT2D eigenvalue weighted by Gasteiger charge is -2.28. The van der Waals surface area contributed by atoms with Gasteiger partial charge in [-0.2, -0.15) is 0 Å². The molecule has 3 nitrogen and oxygen atoms in total. The van der Waals surface area contributed by atoms with E-state index >= 15 is 0 Å². The summed E-state index contributed by atoms with van der Waals surface area (Å²) in [4.78, 5) is 12.8. The fraction of sp³-hybridized carbons (Fsp3) is 0.923. The summed E-state index contributed by atoms with van der Waals surface area (Å²) in [5.74, 6) is 0.126. The van der Waals surface area contributed by atoms with Gasteiger partial charge in [-0.25, -0.2) is 0 Å². The maximum atomic E-state index is 10.7. The monoisotopic (exact) mass is 227 g/mol. The van der Waals surface area contributed by atoms with Gasteiger partial charge in [0.2, 0.25) is 0 Å². The Kier molecular flexibility index (Phi) is 5.81. The van der Waals surface area contributed by atoms with E-state index in [2.05, 4.69) is 18.7 Å². The van der Waals surface area contributed by atoms with Crippen molar-refractivity contribution in [3.8, 4) is 0 Å². The first-order chi connectivity index (χ1) is 7.59. The van der Waals surface area contributed by atoms with Gasteiger partial charge in [0.05, 0.1) is 6.54 Å². The summed E-state index contributed by atoms with van der Waals surface area (Å²) >= 11 is 0. The molecule has 0 aromatic rings. The van der Waals surface area contributed by atoms with Crippen molar-refractivity contribution in [2.75, 3.05) is 13.1 Å². The Bertz CT molecular complexity index is 210. The summed E-state index contributed by atoms with van der Waals surface area (Å²) in [5, 5.41) is 8.83. The average molecular weight is 227 g/mol. The molecule has 3 heteroatoms. The Morgan fingerprint density at radius 1 is 1.31 bits per heavy atom. The molecule has 0 aromatic heterocycles. The molecule has 1 aliphatic carbocycles. The zero-order valence-electron chi connectivity index (χ0n) is 10.6. The Morgan fingerprint density at radius 3 is 2.44 bits per heavy atom. The molecule has 0 unspecified atom stereocenters. The normalized spacial score (nSPS) is 18.2. The van der Waals surface area contributed by atoms with E-state index in [1.807, 2.05) is 0 Å². The summed E-state index contributed by atoms with van der Waals surface area (Å²) in [6, 6.07) is 0.333. The second kappa shape index (κ2) is 6.89. The Hall–Kier alpha value is -0.570. The van der Waals surface area contributed by atoms with Crippen LogP contribution in [0.2, 0.25) is 0 Å². The van der Waals surface area contributed by atoms with Crippen molar-refractivity contribution in [3.05, 3.63) is 0 Å². The molecule has 1 fully saturated rings. The highest BCUT2D eigenvalue weighted by molar-refractivity contribution is 5.69. The van der Waals surface area contributed by atoms with E-state index in [9.17, 15) is 4.79 Å². The highest BCUT2D eigenvalue weighted by Crippen LogP contribution is 2.26. The van der Waals surface area contributed by atoms with E-state index in [1.165, 1.54) is 38.5 Å². The van der Waals surface area contributed by atoms with Crippen molar-refractivity contribution in [3.63, 3.8) is 0 Å². The van der Waals surface area contributed by atoms with Crippen molar-refractivity contribution in [1.82, 2.24) is 4.90 Å². The predicted octanol–water partition coefficient (Wildman–Crippen LogP) is 2.75. The minimum atomic E-state index is -0.711. The van der Waals surface area contributed by atoms with E-state index in [-0.39, 0.29) is 6.54 Å². The molecule has 0 heterocycles. The van der Waals surface area contributed by atoms with Gasteiger partial charge in [0, 0.05) is 6.04 Å². The second-order valence-corrected chi connectivity index (χ2v) is 5.25. The summed E-state index contributed by atoms with van der Waals surface area (Å²) in [5.41, 5.74) is 0. The van der Waals surface area contributed by atoms with E-state index in [1.54, 1.807) is 0 Å². The number of hydrogen-bond acceptors (Lipinski definition) is 2. The first-order valence-electron chi connectivity index (χ1n) is 6.55. The van der Waals surface area contributed by atoms with Gasteiger partial charge in [0.25, 0.3) is 0 Å². The number of aliphatic carboxylic acids is 1. The van der Waals surface area contributed by atoms with Crippen LogP contribution in [-0.2, 0) is 4.79 Å². The van der Waals surface area contributed by atoms with Gasteiger partial charge in [-0.1, -0.05) is 32.1 Å². The number of carboxylic acids is 1. The molecule has 0 atom stereocenters. The largest absolute Gasteiger partial charge is 0.480 e. The maximum Gasteiger partial charge on any atom is 0.317 e. The Morgan fingerprint density at radius 2 is 1.94 bits per heavy atom. The minimum Gasteiger partial charge on any atom is -0.480 e. The fourth-order valence-corrected chi connectivity index (χ4v) is 2.52. The topological polar surface area (TPSA) is 40.5 Å². The molecular formula is C13H25NO2. The van der Waals surface area contributed by atoms with Crippen LogP contribution in [0.15, 0.2) is 0 Å². The van der Waals surface area contributed by atoms with Crippen molar-refractivity contribution < 1.29 is 9.90 Å². The molecule has 0 bridgehead atoms. The number of carbonyl (C=O) groups is 1. The highest BCUT2D eigenvalue weighted by atomic mass is 16.4. The molecule has 0 radical (unpaired) electrons. The van der Waals surface area contributed by atoms with Crippen molar-refractivity contribution in [1.29, 1.82) is 0 Å². The molecule has 0 saturated heterocycles. The SMILES string of the molecule is CC(C)N(CCC1CCCCC1)CC(=O)O. The van der Waals surface area contributed by atoms with Crippen LogP contribution in [0.5, 0.6) is 0 Å². The third-order valence-electron chi connectivity index (χ3n) is 3.62. The third kappa shape index (κ3) is 4.97. The number of rotatable bonds is 6. The van der Waals surface area contributed by atoms with Crippen molar-refractivity contribution in [2.45, 2.75) is 58.4 Å². The summed E-state index contributed by atoms with van der Waals surface area (Å²) in [6.07, 6.45) is 7.99.